The van der Waals surface area contributed by atoms with Crippen LogP contribution in [0.5, 0.6) is 5.75 Å². The molecule has 0 spiro atoms. The average Bonchev–Trinajstić information content (AvgIpc) is 3.11. The van der Waals surface area contributed by atoms with Crippen molar-refractivity contribution in [2.45, 2.75) is 50.6 Å². The van der Waals surface area contributed by atoms with Crippen LogP contribution in [0.2, 0.25) is 0 Å². The van der Waals surface area contributed by atoms with E-state index < -0.39 is 46.1 Å². The van der Waals surface area contributed by atoms with Crippen LogP contribution in [0.25, 0.3) is 0 Å². The van der Waals surface area contributed by atoms with Crippen LogP contribution in [-0.2, 0) is 16.4 Å². The zero-order chi connectivity index (χ0) is 36.4. The number of ether oxygens (including phenoxy) is 1. The second kappa shape index (κ2) is 17.3. The highest BCUT2D eigenvalue weighted by molar-refractivity contribution is 7.92. The number of nitrogens with zero attached hydrogens (tertiary/aromatic N) is 1. The Kier molecular flexibility index (Phi) is 13.1. The first-order valence-corrected chi connectivity index (χ1v) is 18.1. The molecule has 0 aliphatic carbocycles. The van der Waals surface area contributed by atoms with Gasteiger partial charge in [0.15, 0.2) is 0 Å². The molecular formula is C38H46N4O7S. The van der Waals surface area contributed by atoms with Gasteiger partial charge in [-0.1, -0.05) is 72.8 Å². The lowest BCUT2D eigenvalue weighted by Gasteiger charge is -2.28. The monoisotopic (exact) mass is 702 g/mol. The first kappa shape index (κ1) is 38.1. The lowest BCUT2D eigenvalue weighted by molar-refractivity contribution is 0.0787. The molecule has 50 heavy (non-hydrogen) atoms. The van der Waals surface area contributed by atoms with Crippen LogP contribution in [0, 0.1) is 0 Å². The van der Waals surface area contributed by atoms with E-state index in [0.29, 0.717) is 5.75 Å². The number of methoxy groups -OCH3 is 1. The quantitative estimate of drug-likeness (QED) is 0.117. The number of benzene rings is 4. The number of anilines is 1. The number of aliphatic hydroxyl groups excluding tert-OH is 2. The van der Waals surface area contributed by atoms with Crippen LogP contribution in [0.15, 0.2) is 103 Å². The molecule has 0 unspecified atom stereocenters. The molecule has 4 rings (SSSR count). The third-order valence-electron chi connectivity index (χ3n) is 8.51. The van der Waals surface area contributed by atoms with Gasteiger partial charge < -0.3 is 30.9 Å². The number of hydrogen-bond donors (Lipinski definition) is 5. The molecule has 11 nitrogen and oxygen atoms in total. The van der Waals surface area contributed by atoms with Gasteiger partial charge in [0.05, 0.1) is 49.4 Å². The molecule has 0 radical (unpaired) electrons. The summed E-state index contributed by atoms with van der Waals surface area (Å²) in [6, 6.07) is 28.4. The van der Waals surface area contributed by atoms with E-state index >= 15 is 0 Å². The molecule has 0 saturated heterocycles. The molecule has 4 aromatic rings. The van der Waals surface area contributed by atoms with Gasteiger partial charge in [-0.3, -0.25) is 13.9 Å². The summed E-state index contributed by atoms with van der Waals surface area (Å²) in [4.78, 5) is 27.4. The van der Waals surface area contributed by atoms with Crippen molar-refractivity contribution in [3.05, 3.63) is 131 Å². The predicted octanol–water partition coefficient (Wildman–Crippen LogP) is 4.00. The number of aliphatic hydroxyl groups is 2. The Morgan fingerprint density at radius 2 is 1.38 bits per heavy atom. The van der Waals surface area contributed by atoms with Crippen molar-refractivity contribution in [2.75, 3.05) is 31.3 Å². The van der Waals surface area contributed by atoms with Crippen molar-refractivity contribution in [1.82, 2.24) is 16.0 Å². The van der Waals surface area contributed by atoms with Gasteiger partial charge in [0, 0.05) is 24.7 Å². The summed E-state index contributed by atoms with van der Waals surface area (Å²) < 4.78 is 31.3. The molecule has 5 N–H and O–H groups in total. The fourth-order valence-corrected chi connectivity index (χ4v) is 6.03. The number of nitrogens with one attached hydrogen (secondary N) is 3. The highest BCUT2D eigenvalue weighted by Crippen LogP contribution is 2.24. The molecule has 4 aromatic carbocycles. The molecule has 5 atom stereocenters. The minimum Gasteiger partial charge on any atom is -0.497 e. The lowest BCUT2D eigenvalue weighted by Crippen LogP contribution is -2.50. The highest BCUT2D eigenvalue weighted by atomic mass is 32.2. The Balaban J connectivity index is 1.62. The fraction of sp³-hybridized carbons (Fsp3) is 0.316. The van der Waals surface area contributed by atoms with Crippen LogP contribution in [-0.4, -0.2) is 75.7 Å². The van der Waals surface area contributed by atoms with Crippen LogP contribution >= 0.6 is 0 Å². The van der Waals surface area contributed by atoms with Gasteiger partial charge in [-0.2, -0.15) is 0 Å². The summed E-state index contributed by atoms with van der Waals surface area (Å²) >= 11 is 0. The molecule has 2 amide bonds. The van der Waals surface area contributed by atoms with E-state index in [1.54, 1.807) is 26.2 Å². The second-order valence-electron chi connectivity index (χ2n) is 12.3. The van der Waals surface area contributed by atoms with Crippen LogP contribution in [0.4, 0.5) is 5.69 Å². The van der Waals surface area contributed by atoms with Crippen molar-refractivity contribution in [3.63, 3.8) is 0 Å². The largest absolute Gasteiger partial charge is 0.497 e. The molecule has 0 saturated carbocycles. The molecule has 0 aromatic heterocycles. The molecule has 12 heteroatoms. The fourth-order valence-electron chi connectivity index (χ4n) is 5.55. The van der Waals surface area contributed by atoms with Crippen molar-refractivity contribution in [3.8, 4) is 5.75 Å². The third kappa shape index (κ3) is 10.4. The van der Waals surface area contributed by atoms with E-state index in [9.17, 15) is 28.2 Å². The van der Waals surface area contributed by atoms with Gasteiger partial charge in [0.1, 0.15) is 5.75 Å². The summed E-state index contributed by atoms with van der Waals surface area (Å²) in [5, 5.41) is 31.2. The van der Waals surface area contributed by atoms with Gasteiger partial charge in [0.2, 0.25) is 10.0 Å². The molecule has 0 aliphatic rings. The number of hydrogen-bond acceptors (Lipinski definition) is 8. The first-order chi connectivity index (χ1) is 23.8. The number of sulfonamides is 1. The topological polar surface area (TPSA) is 157 Å². The molecule has 266 valence electrons. The van der Waals surface area contributed by atoms with Gasteiger partial charge in [-0.15, -0.1) is 0 Å². The minimum atomic E-state index is -3.74. The molecule has 0 fully saturated rings. The number of carbonyl (C=O) groups is 2. The first-order valence-electron chi connectivity index (χ1n) is 16.3. The van der Waals surface area contributed by atoms with Crippen molar-refractivity contribution in [1.29, 1.82) is 0 Å². The summed E-state index contributed by atoms with van der Waals surface area (Å²) in [6.07, 6.45) is -0.649. The number of carbonyl (C=O) groups excluding carboxylic acids is 2. The zero-order valence-electron chi connectivity index (χ0n) is 28.9. The van der Waals surface area contributed by atoms with Crippen LogP contribution in [0.1, 0.15) is 63.3 Å². The Hall–Kier alpha value is -4.75. The smallest absolute Gasteiger partial charge is 0.251 e. The van der Waals surface area contributed by atoms with Gasteiger partial charge in [0.25, 0.3) is 11.8 Å². The zero-order valence-corrected chi connectivity index (χ0v) is 29.7. The van der Waals surface area contributed by atoms with E-state index in [1.807, 2.05) is 79.7 Å². The molecule has 0 aliphatic heterocycles. The highest BCUT2D eigenvalue weighted by Gasteiger charge is 2.27. The van der Waals surface area contributed by atoms with Crippen LogP contribution in [0.3, 0.4) is 0 Å². The van der Waals surface area contributed by atoms with Gasteiger partial charge in [-0.25, -0.2) is 8.42 Å². The average molecular weight is 703 g/mol. The normalized spacial score (nSPS) is 14.5. The number of rotatable bonds is 16. The van der Waals surface area contributed by atoms with Crippen molar-refractivity contribution < 1.29 is 33.0 Å². The van der Waals surface area contributed by atoms with Crippen molar-refractivity contribution in [2.24, 2.45) is 0 Å². The molecule has 0 bridgehead atoms. The Morgan fingerprint density at radius 1 is 0.800 bits per heavy atom. The third-order valence-corrected chi connectivity index (χ3v) is 9.72. The maximum Gasteiger partial charge on any atom is 0.251 e. The van der Waals surface area contributed by atoms with E-state index in [1.165, 1.54) is 25.2 Å². The minimum absolute atomic E-state index is 0.00639. The number of amides is 2. The van der Waals surface area contributed by atoms with Gasteiger partial charge in [-0.05, 0) is 67.3 Å². The van der Waals surface area contributed by atoms with E-state index in [0.717, 1.165) is 27.3 Å². The standard InChI is InChI=1S/C38H46N4O7S/c1-25(28-15-10-7-11-16-28)40-37(45)30-20-31(22-32(21-30)42(3)50(5,47)48)38(46)41-34(19-27-13-8-6-9-14-27)35(44)24-39-36(26(2)43)29-17-12-18-33(23-29)49-4/h6-18,20-23,25-26,34-36,39,43-44H,19,24H2,1-5H3,(H,40,45)(H,41,46)/t25-,26-,34+,35-,36-/m1/s1. The Morgan fingerprint density at radius 3 is 1.96 bits per heavy atom. The second-order valence-corrected chi connectivity index (χ2v) is 14.4. The summed E-state index contributed by atoms with van der Waals surface area (Å²) in [6.45, 7) is 3.47. The SMILES string of the molecule is COc1cccc([C@H](NC[C@@H](O)[C@H](Cc2ccccc2)NC(=O)c2cc(C(=O)N[C@H](C)c3ccccc3)cc(N(C)S(C)(=O)=O)c2)[C@@H](C)O)c1. The molecular weight excluding hydrogens is 657 g/mol. The van der Waals surface area contributed by atoms with Gasteiger partial charge >= 0.3 is 0 Å². The predicted molar refractivity (Wildman–Crippen MR) is 195 cm³/mol. The maximum atomic E-state index is 13.9. The van der Waals surface area contributed by atoms with E-state index in [4.69, 9.17) is 4.74 Å². The Labute approximate surface area is 294 Å². The lowest BCUT2D eigenvalue weighted by atomic mass is 9.98. The van der Waals surface area contributed by atoms with Crippen LogP contribution < -0.4 is 25.0 Å². The van der Waals surface area contributed by atoms with Crippen molar-refractivity contribution >= 4 is 27.5 Å². The maximum absolute atomic E-state index is 13.9. The Bertz CT molecular complexity index is 1840. The summed E-state index contributed by atoms with van der Waals surface area (Å²) in [7, 11) is -0.843. The van der Waals surface area contributed by atoms with E-state index in [2.05, 4.69) is 16.0 Å². The summed E-state index contributed by atoms with van der Waals surface area (Å²) in [5.74, 6) is -0.485. The molecule has 0 heterocycles. The van der Waals surface area contributed by atoms with E-state index in [-0.39, 0.29) is 35.8 Å². The summed E-state index contributed by atoms with van der Waals surface area (Å²) in [5.41, 5.74) is 2.74.